The molecule has 64 heavy (non-hydrogen) atoms. The molecular weight excluding hydrogens is 775 g/mol. The molecule has 0 spiro atoms. The third-order valence-electron chi connectivity index (χ3n) is 12.7. The smallest absolute Gasteiger partial charge is 0.136 e. The van der Waals surface area contributed by atoms with Gasteiger partial charge in [-0.25, -0.2) is 0 Å². The highest BCUT2D eigenvalue weighted by Gasteiger charge is 2.21. The Bertz CT molecular complexity index is 3630. The molecule has 0 fully saturated rings. The molecule has 300 valence electrons. The van der Waals surface area contributed by atoms with Gasteiger partial charge in [-0.3, -0.25) is 0 Å². The number of nitrogens with zero attached hydrogens (tertiary/aromatic N) is 1. The Kier molecular flexibility index (Phi) is 9.20. The molecule has 1 heterocycles. The second-order valence-electron chi connectivity index (χ2n) is 16.4. The quantitative estimate of drug-likeness (QED) is 0.142. The maximum absolute atomic E-state index is 6.27. The minimum atomic E-state index is 0.897. The van der Waals surface area contributed by atoms with E-state index in [9.17, 15) is 0 Å². The Morgan fingerprint density at radius 3 is 1.42 bits per heavy atom. The van der Waals surface area contributed by atoms with Crippen molar-refractivity contribution in [2.45, 2.75) is 0 Å². The summed E-state index contributed by atoms with van der Waals surface area (Å²) >= 11 is 0. The fraction of sp³-hybridized carbons (Fsp3) is 0. The average Bonchev–Trinajstić information content (AvgIpc) is 3.76. The summed E-state index contributed by atoms with van der Waals surface area (Å²) in [6.07, 6.45) is 0. The zero-order chi connectivity index (χ0) is 42.4. The van der Waals surface area contributed by atoms with Gasteiger partial charge in [-0.05, 0) is 120 Å². The van der Waals surface area contributed by atoms with Crippen molar-refractivity contribution in [2.24, 2.45) is 0 Å². The van der Waals surface area contributed by atoms with Crippen LogP contribution in [0, 0.1) is 0 Å². The van der Waals surface area contributed by atoms with Crippen molar-refractivity contribution in [3.05, 3.63) is 249 Å². The van der Waals surface area contributed by atoms with Crippen LogP contribution in [0.1, 0.15) is 0 Å². The van der Waals surface area contributed by atoms with Crippen LogP contribution in [0.15, 0.2) is 253 Å². The van der Waals surface area contributed by atoms with Gasteiger partial charge in [0.15, 0.2) is 0 Å². The summed E-state index contributed by atoms with van der Waals surface area (Å²) in [5.74, 6) is 0. The molecule has 0 saturated heterocycles. The first-order valence-electron chi connectivity index (χ1n) is 21.9. The van der Waals surface area contributed by atoms with E-state index in [0.717, 1.165) is 61.3 Å². The number of fused-ring (bicyclic) bond motifs is 6. The fourth-order valence-corrected chi connectivity index (χ4v) is 9.75. The molecule has 0 radical (unpaired) electrons. The lowest BCUT2D eigenvalue weighted by Gasteiger charge is -2.28. The third-order valence-corrected chi connectivity index (χ3v) is 12.7. The Hall–Kier alpha value is -8.46. The van der Waals surface area contributed by atoms with E-state index >= 15 is 0 Å². The monoisotopic (exact) mass is 815 g/mol. The van der Waals surface area contributed by atoms with E-state index in [1.165, 1.54) is 54.9 Å². The molecule has 0 saturated carbocycles. The molecule has 11 aromatic carbocycles. The van der Waals surface area contributed by atoms with Crippen LogP contribution in [0.2, 0.25) is 0 Å². The van der Waals surface area contributed by atoms with Gasteiger partial charge in [0.2, 0.25) is 0 Å². The van der Waals surface area contributed by atoms with Crippen molar-refractivity contribution < 1.29 is 4.42 Å². The van der Waals surface area contributed by atoms with Crippen LogP contribution in [-0.4, -0.2) is 0 Å². The van der Waals surface area contributed by atoms with Crippen LogP contribution in [0.3, 0.4) is 0 Å². The number of benzene rings is 11. The minimum absolute atomic E-state index is 0.897. The molecule has 12 rings (SSSR count). The van der Waals surface area contributed by atoms with Crippen LogP contribution in [0.25, 0.3) is 99.1 Å². The summed E-state index contributed by atoms with van der Waals surface area (Å²) in [5.41, 5.74) is 16.9. The summed E-state index contributed by atoms with van der Waals surface area (Å²) in [7, 11) is 0. The third kappa shape index (κ3) is 6.44. The highest BCUT2D eigenvalue weighted by Crippen LogP contribution is 2.47. The van der Waals surface area contributed by atoms with Gasteiger partial charge in [0.25, 0.3) is 0 Å². The van der Waals surface area contributed by atoms with E-state index in [0.29, 0.717) is 0 Å². The Morgan fingerprint density at radius 2 is 0.734 bits per heavy atom. The van der Waals surface area contributed by atoms with E-state index in [-0.39, 0.29) is 0 Å². The minimum Gasteiger partial charge on any atom is -0.456 e. The van der Waals surface area contributed by atoms with Gasteiger partial charge in [-0.2, -0.15) is 0 Å². The van der Waals surface area contributed by atoms with E-state index in [1.54, 1.807) is 0 Å². The summed E-state index contributed by atoms with van der Waals surface area (Å²) in [6.45, 7) is 0. The molecule has 0 bridgehead atoms. The van der Waals surface area contributed by atoms with Crippen LogP contribution in [0.4, 0.5) is 17.1 Å². The first kappa shape index (κ1) is 37.3. The lowest BCUT2D eigenvalue weighted by molar-refractivity contribution is 0.669. The van der Waals surface area contributed by atoms with E-state index in [2.05, 4.69) is 241 Å². The van der Waals surface area contributed by atoms with Crippen LogP contribution >= 0.6 is 0 Å². The van der Waals surface area contributed by atoms with Gasteiger partial charge in [0.05, 0.1) is 5.69 Å². The lowest BCUT2D eigenvalue weighted by atomic mass is 9.84. The van der Waals surface area contributed by atoms with Gasteiger partial charge < -0.3 is 9.32 Å². The van der Waals surface area contributed by atoms with Crippen molar-refractivity contribution in [1.82, 2.24) is 0 Å². The number of hydrogen-bond donors (Lipinski definition) is 0. The van der Waals surface area contributed by atoms with E-state index in [1.807, 2.05) is 12.1 Å². The summed E-state index contributed by atoms with van der Waals surface area (Å²) < 4.78 is 6.27. The van der Waals surface area contributed by atoms with Gasteiger partial charge in [0, 0.05) is 27.7 Å². The topological polar surface area (TPSA) is 16.4 Å². The first-order valence-corrected chi connectivity index (χ1v) is 21.9. The maximum Gasteiger partial charge on any atom is 0.136 e. The number of rotatable bonds is 8. The Morgan fingerprint density at radius 1 is 0.266 bits per heavy atom. The molecule has 0 aliphatic heterocycles. The molecular formula is C62H41NO. The lowest BCUT2D eigenvalue weighted by Crippen LogP contribution is -2.11. The van der Waals surface area contributed by atoms with Crippen LogP contribution in [0.5, 0.6) is 0 Å². The predicted octanol–water partition coefficient (Wildman–Crippen LogP) is 17.7. The fourth-order valence-electron chi connectivity index (χ4n) is 9.75. The Balaban J connectivity index is 0.998. The highest BCUT2D eigenvalue weighted by atomic mass is 16.3. The van der Waals surface area contributed by atoms with Crippen LogP contribution < -0.4 is 4.90 Å². The van der Waals surface area contributed by atoms with Gasteiger partial charge in [0.1, 0.15) is 11.2 Å². The molecule has 0 atom stereocenters. The van der Waals surface area contributed by atoms with Crippen molar-refractivity contribution in [3.63, 3.8) is 0 Å². The molecule has 0 N–H and O–H groups in total. The number of para-hydroxylation sites is 2. The van der Waals surface area contributed by atoms with Crippen molar-refractivity contribution >= 4 is 60.5 Å². The van der Waals surface area contributed by atoms with Gasteiger partial charge in [-0.15, -0.1) is 0 Å². The SMILES string of the molecule is c1ccc(-c2ccccc2N(c2ccc(-c3ccc4c(c3)c(-c3ccccc3)c(-c3ccccc3)c3ccccc34)cc2)c2ccc(-c3cccc4oc5ccccc5c34)cc2)cc1. The summed E-state index contributed by atoms with van der Waals surface area (Å²) in [5, 5.41) is 7.27. The largest absolute Gasteiger partial charge is 0.456 e. The zero-order valence-corrected chi connectivity index (χ0v) is 35.0. The first-order chi connectivity index (χ1) is 31.8. The number of hydrogen-bond acceptors (Lipinski definition) is 2. The molecule has 0 aliphatic carbocycles. The Labute approximate surface area is 372 Å². The second kappa shape index (κ2) is 15.8. The van der Waals surface area contributed by atoms with Crippen LogP contribution in [-0.2, 0) is 0 Å². The maximum atomic E-state index is 6.27. The van der Waals surface area contributed by atoms with Crippen molar-refractivity contribution in [3.8, 4) is 55.6 Å². The van der Waals surface area contributed by atoms with Crippen molar-refractivity contribution in [1.29, 1.82) is 0 Å². The molecule has 0 unspecified atom stereocenters. The highest BCUT2D eigenvalue weighted by molar-refractivity contribution is 6.22. The second-order valence-corrected chi connectivity index (χ2v) is 16.4. The molecule has 12 aromatic rings. The predicted molar refractivity (Wildman–Crippen MR) is 271 cm³/mol. The number of anilines is 3. The number of furan rings is 1. The molecule has 0 aliphatic rings. The van der Waals surface area contributed by atoms with Crippen molar-refractivity contribution in [2.75, 3.05) is 4.90 Å². The average molecular weight is 816 g/mol. The molecule has 2 nitrogen and oxygen atoms in total. The summed E-state index contributed by atoms with van der Waals surface area (Å²) in [6, 6.07) is 89.6. The van der Waals surface area contributed by atoms with Gasteiger partial charge in [-0.1, -0.05) is 200 Å². The molecule has 1 aromatic heterocycles. The van der Waals surface area contributed by atoms with E-state index in [4.69, 9.17) is 4.42 Å². The van der Waals surface area contributed by atoms with Gasteiger partial charge >= 0.3 is 0 Å². The normalized spacial score (nSPS) is 11.4. The van der Waals surface area contributed by atoms with E-state index < -0.39 is 0 Å². The standard InChI is InChI=1S/C62H41NO/c1-4-17-43(18-5-1)50-23-12-14-28-57(50)63(49-38-33-44(34-39-49)51-27-16-30-59-62(51)55-26-13-15-29-58(55)64-59)48-36-31-42(32-37-48)47-35-40-53-52-24-10-11-25-54(52)60(45-19-6-2-7-20-45)61(56(53)41-47)46-21-8-3-9-22-46/h1-41H. The zero-order valence-electron chi connectivity index (χ0n) is 35.0. The summed E-state index contributed by atoms with van der Waals surface area (Å²) in [4.78, 5) is 2.38. The molecule has 0 amide bonds. The molecule has 2 heteroatoms.